The molecule has 1 amide bonds. The molecule has 0 radical (unpaired) electrons. The average Bonchev–Trinajstić information content (AvgIpc) is 2.48. The third-order valence-electron chi connectivity index (χ3n) is 2.76. The zero-order chi connectivity index (χ0) is 15.4. The summed E-state index contributed by atoms with van der Waals surface area (Å²) in [6.45, 7) is 0. The molecule has 0 bridgehead atoms. The van der Waals surface area contributed by atoms with Crippen molar-refractivity contribution in [3.05, 3.63) is 57.0 Å². The molecular formula is C15H10BrClN2O2. The Kier molecular flexibility index (Phi) is 4.84. The number of nitrogens with zero attached hydrogens (tertiary/aromatic N) is 1. The molecule has 0 aliphatic heterocycles. The molecule has 1 N–H and O–H groups in total. The lowest BCUT2D eigenvalue weighted by Gasteiger charge is -2.10. The summed E-state index contributed by atoms with van der Waals surface area (Å²) in [6.07, 6.45) is 0. The molecule has 21 heavy (non-hydrogen) atoms. The maximum Gasteiger partial charge on any atom is 0.259 e. The van der Waals surface area contributed by atoms with Crippen molar-refractivity contribution >= 4 is 39.1 Å². The maximum absolute atomic E-state index is 12.3. The highest BCUT2D eigenvalue weighted by molar-refractivity contribution is 9.10. The molecule has 6 heteroatoms. The van der Waals surface area contributed by atoms with Crippen LogP contribution in [0.2, 0.25) is 5.02 Å². The van der Waals surface area contributed by atoms with E-state index in [2.05, 4.69) is 21.2 Å². The maximum atomic E-state index is 12.3. The van der Waals surface area contributed by atoms with Crippen molar-refractivity contribution in [2.24, 2.45) is 0 Å². The summed E-state index contributed by atoms with van der Waals surface area (Å²) >= 11 is 9.15. The number of carbonyl (C=O) groups excluding carboxylic acids is 1. The number of nitrogens with one attached hydrogen (secondary N) is 1. The quantitative estimate of drug-likeness (QED) is 0.885. The summed E-state index contributed by atoms with van der Waals surface area (Å²) < 4.78 is 5.91. The Balaban J connectivity index is 2.33. The number of anilines is 1. The predicted molar refractivity (Wildman–Crippen MR) is 84.8 cm³/mol. The van der Waals surface area contributed by atoms with Crippen LogP contribution in [-0.2, 0) is 0 Å². The van der Waals surface area contributed by atoms with Gasteiger partial charge < -0.3 is 10.1 Å². The second-order valence-electron chi connectivity index (χ2n) is 4.10. The van der Waals surface area contributed by atoms with E-state index >= 15 is 0 Å². The SMILES string of the molecule is COc1cc(Cl)ccc1C(=O)Nc1ccc(Br)cc1C#N. The molecule has 0 spiro atoms. The summed E-state index contributed by atoms with van der Waals surface area (Å²) in [5.74, 6) is -0.00189. The van der Waals surface area contributed by atoms with Crippen LogP contribution < -0.4 is 10.1 Å². The molecule has 0 heterocycles. The molecule has 0 saturated heterocycles. The van der Waals surface area contributed by atoms with Crippen molar-refractivity contribution in [3.63, 3.8) is 0 Å². The predicted octanol–water partition coefficient (Wildman–Crippen LogP) is 4.24. The van der Waals surface area contributed by atoms with Gasteiger partial charge in [0.1, 0.15) is 11.8 Å². The van der Waals surface area contributed by atoms with E-state index in [1.54, 1.807) is 36.4 Å². The molecule has 0 aliphatic rings. The summed E-state index contributed by atoms with van der Waals surface area (Å²) in [5.41, 5.74) is 1.14. The van der Waals surface area contributed by atoms with Crippen LogP contribution in [-0.4, -0.2) is 13.0 Å². The van der Waals surface area contributed by atoms with Crippen LogP contribution in [0.3, 0.4) is 0 Å². The van der Waals surface area contributed by atoms with Crippen LogP contribution >= 0.6 is 27.5 Å². The summed E-state index contributed by atoms with van der Waals surface area (Å²) in [5, 5.41) is 12.3. The van der Waals surface area contributed by atoms with Crippen LogP contribution in [0.25, 0.3) is 0 Å². The van der Waals surface area contributed by atoms with Crippen LogP contribution in [0.15, 0.2) is 40.9 Å². The zero-order valence-electron chi connectivity index (χ0n) is 11.0. The minimum atomic E-state index is -0.373. The molecule has 4 nitrogen and oxygen atoms in total. The van der Waals surface area contributed by atoms with E-state index in [1.165, 1.54) is 7.11 Å². The van der Waals surface area contributed by atoms with Crippen molar-refractivity contribution < 1.29 is 9.53 Å². The Bertz CT molecular complexity index is 741. The number of hydrogen-bond acceptors (Lipinski definition) is 3. The van der Waals surface area contributed by atoms with Crippen molar-refractivity contribution in [1.82, 2.24) is 0 Å². The van der Waals surface area contributed by atoms with Gasteiger partial charge in [-0.2, -0.15) is 5.26 Å². The zero-order valence-corrected chi connectivity index (χ0v) is 13.3. The third kappa shape index (κ3) is 3.54. The normalized spacial score (nSPS) is 9.81. The summed E-state index contributed by atoms with van der Waals surface area (Å²) in [7, 11) is 1.46. The highest BCUT2D eigenvalue weighted by Gasteiger charge is 2.14. The van der Waals surface area contributed by atoms with Crippen molar-refractivity contribution in [3.8, 4) is 11.8 Å². The van der Waals surface area contributed by atoms with Gasteiger partial charge in [0.15, 0.2) is 0 Å². The molecular weight excluding hydrogens is 356 g/mol. The highest BCUT2D eigenvalue weighted by Crippen LogP contribution is 2.25. The third-order valence-corrected chi connectivity index (χ3v) is 3.49. The Hall–Kier alpha value is -2.03. The second kappa shape index (κ2) is 6.61. The summed E-state index contributed by atoms with van der Waals surface area (Å²) in [6, 6.07) is 11.8. The van der Waals surface area contributed by atoms with E-state index in [0.29, 0.717) is 27.6 Å². The molecule has 106 valence electrons. The number of carbonyl (C=O) groups is 1. The minimum Gasteiger partial charge on any atom is -0.496 e. The second-order valence-corrected chi connectivity index (χ2v) is 5.45. The first-order chi connectivity index (χ1) is 10.0. The fourth-order valence-electron chi connectivity index (χ4n) is 1.76. The first-order valence-corrected chi connectivity index (χ1v) is 7.07. The molecule has 2 aromatic carbocycles. The fraction of sp³-hybridized carbons (Fsp3) is 0.0667. The number of ether oxygens (including phenoxy) is 1. The van der Waals surface area contributed by atoms with Gasteiger partial charge in [-0.1, -0.05) is 27.5 Å². The molecule has 0 atom stereocenters. The Morgan fingerprint density at radius 1 is 1.33 bits per heavy atom. The number of amides is 1. The van der Waals surface area contributed by atoms with Crippen LogP contribution in [0.5, 0.6) is 5.75 Å². The van der Waals surface area contributed by atoms with E-state index < -0.39 is 0 Å². The van der Waals surface area contributed by atoms with Crippen LogP contribution in [0.4, 0.5) is 5.69 Å². The Morgan fingerprint density at radius 3 is 2.76 bits per heavy atom. The van der Waals surface area contributed by atoms with Gasteiger partial charge in [-0.05, 0) is 36.4 Å². The van der Waals surface area contributed by atoms with E-state index in [-0.39, 0.29) is 5.91 Å². The Labute approximate surface area is 135 Å². The summed E-state index contributed by atoms with van der Waals surface area (Å²) in [4.78, 5) is 12.3. The van der Waals surface area contributed by atoms with E-state index in [4.69, 9.17) is 21.6 Å². The van der Waals surface area contributed by atoms with E-state index in [9.17, 15) is 4.79 Å². The highest BCUT2D eigenvalue weighted by atomic mass is 79.9. The van der Waals surface area contributed by atoms with Crippen molar-refractivity contribution in [2.75, 3.05) is 12.4 Å². The van der Waals surface area contributed by atoms with Gasteiger partial charge in [0.25, 0.3) is 5.91 Å². The van der Waals surface area contributed by atoms with Gasteiger partial charge in [0, 0.05) is 9.50 Å². The van der Waals surface area contributed by atoms with Gasteiger partial charge >= 0.3 is 0 Å². The van der Waals surface area contributed by atoms with Crippen LogP contribution in [0.1, 0.15) is 15.9 Å². The number of nitriles is 1. The largest absolute Gasteiger partial charge is 0.496 e. The first kappa shape index (κ1) is 15.4. The molecule has 0 fully saturated rings. The van der Waals surface area contributed by atoms with Gasteiger partial charge in [0.05, 0.1) is 23.9 Å². The number of halogens is 2. The van der Waals surface area contributed by atoms with E-state index in [0.717, 1.165) is 4.47 Å². The molecule has 0 aromatic heterocycles. The standard InChI is InChI=1S/C15H10BrClN2O2/c1-21-14-7-11(17)3-4-12(14)15(20)19-13-5-2-10(16)6-9(13)8-18/h2-7H,1H3,(H,19,20). The van der Waals surface area contributed by atoms with Crippen molar-refractivity contribution in [1.29, 1.82) is 5.26 Å². The number of rotatable bonds is 3. The molecule has 0 unspecified atom stereocenters. The molecule has 2 aromatic rings. The number of benzene rings is 2. The monoisotopic (exact) mass is 364 g/mol. The smallest absolute Gasteiger partial charge is 0.259 e. The van der Waals surface area contributed by atoms with Crippen LogP contribution in [0, 0.1) is 11.3 Å². The lowest BCUT2D eigenvalue weighted by molar-refractivity contribution is 0.102. The lowest BCUT2D eigenvalue weighted by Crippen LogP contribution is -2.14. The van der Waals surface area contributed by atoms with Gasteiger partial charge in [-0.15, -0.1) is 0 Å². The molecule has 2 rings (SSSR count). The topological polar surface area (TPSA) is 62.1 Å². The average molecular weight is 366 g/mol. The van der Waals surface area contributed by atoms with Gasteiger partial charge in [-0.3, -0.25) is 4.79 Å². The molecule has 0 saturated carbocycles. The van der Waals surface area contributed by atoms with Crippen molar-refractivity contribution in [2.45, 2.75) is 0 Å². The Morgan fingerprint density at radius 2 is 2.10 bits per heavy atom. The number of methoxy groups -OCH3 is 1. The van der Waals surface area contributed by atoms with Gasteiger partial charge in [0.2, 0.25) is 0 Å². The first-order valence-electron chi connectivity index (χ1n) is 5.89. The fourth-order valence-corrected chi connectivity index (χ4v) is 2.28. The number of hydrogen-bond donors (Lipinski definition) is 1. The molecule has 0 aliphatic carbocycles. The van der Waals surface area contributed by atoms with Gasteiger partial charge in [-0.25, -0.2) is 0 Å². The minimum absolute atomic E-state index is 0.341. The lowest BCUT2D eigenvalue weighted by atomic mass is 10.1. The van der Waals surface area contributed by atoms with E-state index in [1.807, 2.05) is 6.07 Å².